The minimum Gasteiger partial charge on any atom is -0.371 e. The molecular formula is C16H18N4O3S. The Morgan fingerprint density at radius 2 is 2.17 bits per heavy atom. The number of hydrogen-bond acceptors (Lipinski definition) is 6. The van der Waals surface area contributed by atoms with Gasteiger partial charge in [-0.05, 0) is 25.8 Å². The summed E-state index contributed by atoms with van der Waals surface area (Å²) >= 11 is 1.52. The number of benzene rings is 1. The van der Waals surface area contributed by atoms with Crippen molar-refractivity contribution in [1.82, 2.24) is 10.3 Å². The minimum atomic E-state index is -0.475. The minimum absolute atomic E-state index is 0.0725. The Kier molecular flexibility index (Phi) is 4.75. The predicted octanol–water partition coefficient (Wildman–Crippen LogP) is 2.89. The topological polar surface area (TPSA) is 88.4 Å². The molecule has 1 fully saturated rings. The highest BCUT2D eigenvalue weighted by molar-refractivity contribution is 7.11. The van der Waals surface area contributed by atoms with Gasteiger partial charge in [0.2, 0.25) is 0 Å². The summed E-state index contributed by atoms with van der Waals surface area (Å²) in [6.07, 6.45) is 3.87. The lowest BCUT2D eigenvalue weighted by molar-refractivity contribution is -0.384. The van der Waals surface area contributed by atoms with Gasteiger partial charge in [0.1, 0.15) is 0 Å². The van der Waals surface area contributed by atoms with E-state index in [0.717, 1.165) is 41.5 Å². The number of rotatable bonds is 5. The molecule has 2 aromatic rings. The van der Waals surface area contributed by atoms with Crippen LogP contribution in [0.5, 0.6) is 0 Å². The van der Waals surface area contributed by atoms with E-state index in [1.165, 1.54) is 23.5 Å². The van der Waals surface area contributed by atoms with E-state index in [-0.39, 0.29) is 11.6 Å². The van der Waals surface area contributed by atoms with E-state index >= 15 is 0 Å². The number of aryl methyl sites for hydroxylation is 1. The molecule has 0 saturated carbocycles. The summed E-state index contributed by atoms with van der Waals surface area (Å²) in [5.41, 5.74) is 1.04. The molecule has 2 heterocycles. The largest absolute Gasteiger partial charge is 0.371 e. The van der Waals surface area contributed by atoms with Gasteiger partial charge in [0.15, 0.2) is 0 Å². The average molecular weight is 346 g/mol. The summed E-state index contributed by atoms with van der Waals surface area (Å²) in [5.74, 6) is -0.299. The molecule has 0 atom stereocenters. The molecule has 3 rings (SSSR count). The van der Waals surface area contributed by atoms with E-state index in [0.29, 0.717) is 12.1 Å². The van der Waals surface area contributed by atoms with Crippen molar-refractivity contribution in [2.24, 2.45) is 0 Å². The van der Waals surface area contributed by atoms with Crippen molar-refractivity contribution in [2.75, 3.05) is 18.0 Å². The Hall–Kier alpha value is -2.48. The Morgan fingerprint density at radius 3 is 2.79 bits per heavy atom. The van der Waals surface area contributed by atoms with E-state index in [9.17, 15) is 14.9 Å². The Bertz CT molecular complexity index is 768. The zero-order valence-corrected chi connectivity index (χ0v) is 14.1. The number of nitro benzene ring substituents is 1. The first kappa shape index (κ1) is 16.4. The lowest BCUT2D eigenvalue weighted by atomic mass is 10.1. The molecule has 1 aromatic carbocycles. The van der Waals surface area contributed by atoms with Gasteiger partial charge in [-0.3, -0.25) is 14.9 Å². The van der Waals surface area contributed by atoms with Gasteiger partial charge in [-0.2, -0.15) is 0 Å². The number of anilines is 1. The molecule has 1 N–H and O–H groups in total. The Labute approximate surface area is 143 Å². The summed E-state index contributed by atoms with van der Waals surface area (Å²) in [4.78, 5) is 30.4. The number of aromatic nitrogens is 1. The molecule has 1 aliphatic heterocycles. The van der Waals surface area contributed by atoms with Crippen molar-refractivity contribution >= 4 is 28.6 Å². The fourth-order valence-electron chi connectivity index (χ4n) is 2.80. The number of non-ortho nitro benzene ring substituents is 1. The molecule has 1 saturated heterocycles. The van der Waals surface area contributed by atoms with Gasteiger partial charge in [0.05, 0.1) is 27.7 Å². The van der Waals surface area contributed by atoms with E-state index < -0.39 is 4.92 Å². The molecule has 0 bridgehead atoms. The van der Waals surface area contributed by atoms with Gasteiger partial charge in [0, 0.05) is 36.3 Å². The van der Waals surface area contributed by atoms with Crippen LogP contribution >= 0.6 is 11.3 Å². The SMILES string of the molecule is Cc1ncc(CNC(=O)c2cc([N+](=O)[O-])ccc2N2CCCC2)s1. The lowest BCUT2D eigenvalue weighted by Gasteiger charge is -2.20. The van der Waals surface area contributed by atoms with Crippen LogP contribution in [-0.2, 0) is 6.54 Å². The zero-order valence-electron chi connectivity index (χ0n) is 13.3. The number of amides is 1. The number of thiazole rings is 1. The van der Waals surface area contributed by atoms with Crippen LogP contribution in [0.25, 0.3) is 0 Å². The van der Waals surface area contributed by atoms with Crippen molar-refractivity contribution in [3.05, 3.63) is 50.0 Å². The summed E-state index contributed by atoms with van der Waals surface area (Å²) in [6, 6.07) is 4.49. The smallest absolute Gasteiger partial charge is 0.270 e. The maximum absolute atomic E-state index is 12.6. The molecule has 7 nitrogen and oxygen atoms in total. The van der Waals surface area contributed by atoms with E-state index in [2.05, 4.69) is 15.2 Å². The van der Waals surface area contributed by atoms with Crippen LogP contribution < -0.4 is 10.2 Å². The van der Waals surface area contributed by atoms with E-state index in [1.54, 1.807) is 12.3 Å². The number of nitrogens with one attached hydrogen (secondary N) is 1. The lowest BCUT2D eigenvalue weighted by Crippen LogP contribution is -2.27. The second-order valence-electron chi connectivity index (χ2n) is 5.68. The van der Waals surface area contributed by atoms with Crippen LogP contribution in [0.2, 0.25) is 0 Å². The highest BCUT2D eigenvalue weighted by Gasteiger charge is 2.22. The molecule has 8 heteroatoms. The molecule has 1 aliphatic rings. The molecule has 126 valence electrons. The van der Waals surface area contributed by atoms with Crippen molar-refractivity contribution in [3.63, 3.8) is 0 Å². The van der Waals surface area contributed by atoms with Gasteiger partial charge >= 0.3 is 0 Å². The average Bonchev–Trinajstić information content (AvgIpc) is 3.23. The summed E-state index contributed by atoms with van der Waals surface area (Å²) in [5, 5.41) is 14.8. The Morgan fingerprint density at radius 1 is 1.42 bits per heavy atom. The molecular weight excluding hydrogens is 328 g/mol. The quantitative estimate of drug-likeness (QED) is 0.664. The van der Waals surface area contributed by atoms with Gasteiger partial charge in [-0.15, -0.1) is 11.3 Å². The molecule has 1 amide bonds. The monoisotopic (exact) mass is 346 g/mol. The molecule has 1 aromatic heterocycles. The first-order valence-electron chi connectivity index (χ1n) is 7.77. The Balaban J connectivity index is 1.83. The maximum Gasteiger partial charge on any atom is 0.270 e. The van der Waals surface area contributed by atoms with E-state index in [1.807, 2.05) is 6.92 Å². The fraction of sp³-hybridized carbons (Fsp3) is 0.375. The van der Waals surface area contributed by atoms with Gasteiger partial charge in [-0.25, -0.2) is 4.98 Å². The van der Waals surface area contributed by atoms with Crippen LogP contribution in [-0.4, -0.2) is 28.9 Å². The van der Waals surface area contributed by atoms with Crippen LogP contribution in [0.4, 0.5) is 11.4 Å². The van der Waals surface area contributed by atoms with Crippen molar-refractivity contribution in [1.29, 1.82) is 0 Å². The summed E-state index contributed by atoms with van der Waals surface area (Å²) in [6.45, 7) is 4.01. The van der Waals surface area contributed by atoms with Gasteiger partial charge < -0.3 is 10.2 Å². The van der Waals surface area contributed by atoms with Gasteiger partial charge in [0.25, 0.3) is 11.6 Å². The van der Waals surface area contributed by atoms with E-state index in [4.69, 9.17) is 0 Å². The maximum atomic E-state index is 12.6. The van der Waals surface area contributed by atoms with Crippen LogP contribution in [0.3, 0.4) is 0 Å². The highest BCUT2D eigenvalue weighted by atomic mass is 32.1. The number of nitrogens with zero attached hydrogens (tertiary/aromatic N) is 3. The van der Waals surface area contributed by atoms with Crippen LogP contribution in [0.15, 0.2) is 24.4 Å². The second kappa shape index (κ2) is 6.96. The van der Waals surface area contributed by atoms with Crippen molar-refractivity contribution in [3.8, 4) is 0 Å². The summed E-state index contributed by atoms with van der Waals surface area (Å²) in [7, 11) is 0. The number of hydrogen-bond donors (Lipinski definition) is 1. The molecule has 0 radical (unpaired) electrons. The van der Waals surface area contributed by atoms with Gasteiger partial charge in [-0.1, -0.05) is 0 Å². The molecule has 0 aliphatic carbocycles. The molecule has 24 heavy (non-hydrogen) atoms. The van der Waals surface area contributed by atoms with Crippen molar-refractivity contribution < 1.29 is 9.72 Å². The van der Waals surface area contributed by atoms with Crippen LogP contribution in [0, 0.1) is 17.0 Å². The second-order valence-corrected chi connectivity index (χ2v) is 7.00. The van der Waals surface area contributed by atoms with Crippen molar-refractivity contribution in [2.45, 2.75) is 26.3 Å². The van der Waals surface area contributed by atoms with Crippen LogP contribution in [0.1, 0.15) is 33.1 Å². The number of nitro groups is 1. The highest BCUT2D eigenvalue weighted by Crippen LogP contribution is 2.28. The third kappa shape index (κ3) is 3.53. The molecule has 0 unspecified atom stereocenters. The third-order valence-corrected chi connectivity index (χ3v) is 4.89. The molecule has 0 spiro atoms. The predicted molar refractivity (Wildman–Crippen MR) is 92.6 cm³/mol. The number of carbonyl (C=O) groups is 1. The first-order valence-corrected chi connectivity index (χ1v) is 8.59. The standard InChI is InChI=1S/C16H18N4O3S/c1-11-17-9-13(24-11)10-18-16(21)14-8-12(20(22)23)4-5-15(14)19-6-2-3-7-19/h4-5,8-9H,2-3,6-7,10H2,1H3,(H,18,21). The fourth-order valence-corrected chi connectivity index (χ4v) is 3.54. The number of carbonyl (C=O) groups excluding carboxylic acids is 1. The normalized spacial score (nSPS) is 14.0. The first-order chi connectivity index (χ1) is 11.5. The summed E-state index contributed by atoms with van der Waals surface area (Å²) < 4.78 is 0. The zero-order chi connectivity index (χ0) is 17.1. The third-order valence-electron chi connectivity index (χ3n) is 3.97.